The van der Waals surface area contributed by atoms with Gasteiger partial charge in [0.25, 0.3) is 0 Å². The zero-order valence-electron chi connectivity index (χ0n) is 13.4. The number of methoxy groups -OCH3 is 1. The third-order valence-electron chi connectivity index (χ3n) is 4.08. The second kappa shape index (κ2) is 6.35. The average Bonchev–Trinajstić information content (AvgIpc) is 3.08. The number of nitrogens with zero attached hydrogens (tertiary/aromatic N) is 2. The van der Waals surface area contributed by atoms with Crippen LogP contribution in [0.3, 0.4) is 0 Å². The molecule has 2 heterocycles. The molecule has 2 aromatic heterocycles. The predicted molar refractivity (Wildman–Crippen MR) is 103 cm³/mol. The summed E-state index contributed by atoms with van der Waals surface area (Å²) in [4.78, 5) is 7.78. The van der Waals surface area contributed by atoms with Crippen LogP contribution >= 0.6 is 23.8 Å². The highest BCUT2D eigenvalue weighted by atomic mass is 35.5. The number of hydrogen-bond donors (Lipinski definition) is 1. The first-order chi connectivity index (χ1) is 12.2. The van der Waals surface area contributed by atoms with E-state index in [1.165, 1.54) is 0 Å². The lowest BCUT2D eigenvalue weighted by Crippen LogP contribution is -1.92. The molecule has 124 valence electrons. The number of halogens is 1. The fourth-order valence-corrected chi connectivity index (χ4v) is 3.24. The Kier molecular flexibility index (Phi) is 4.03. The van der Waals surface area contributed by atoms with Gasteiger partial charge in [-0.15, -0.1) is 0 Å². The molecule has 0 saturated carbocycles. The van der Waals surface area contributed by atoms with Crippen molar-refractivity contribution in [1.82, 2.24) is 14.4 Å². The molecule has 25 heavy (non-hydrogen) atoms. The lowest BCUT2D eigenvalue weighted by Gasteiger charge is -2.05. The highest BCUT2D eigenvalue weighted by Gasteiger charge is 2.12. The molecule has 0 aliphatic carbocycles. The lowest BCUT2D eigenvalue weighted by molar-refractivity contribution is 0.415. The Morgan fingerprint density at radius 1 is 1.08 bits per heavy atom. The molecule has 0 radical (unpaired) electrons. The molecule has 0 atom stereocenters. The van der Waals surface area contributed by atoms with Gasteiger partial charge in [0.15, 0.2) is 0 Å². The molecule has 1 N–H and O–H groups in total. The summed E-state index contributed by atoms with van der Waals surface area (Å²) in [5.41, 5.74) is 4.66. The summed E-state index contributed by atoms with van der Waals surface area (Å²) in [6.45, 7) is 0. The van der Waals surface area contributed by atoms with Crippen LogP contribution in [0.1, 0.15) is 0 Å². The Labute approximate surface area is 154 Å². The van der Waals surface area contributed by atoms with Crippen LogP contribution in [-0.2, 0) is 0 Å². The van der Waals surface area contributed by atoms with Gasteiger partial charge in [0.1, 0.15) is 11.4 Å². The molecule has 2 aromatic carbocycles. The summed E-state index contributed by atoms with van der Waals surface area (Å²) in [5, 5.41) is 0.680. The van der Waals surface area contributed by atoms with Crippen molar-refractivity contribution in [2.45, 2.75) is 0 Å². The Hall–Kier alpha value is -2.63. The first-order valence-electron chi connectivity index (χ1n) is 7.67. The Morgan fingerprint density at radius 2 is 1.84 bits per heavy atom. The van der Waals surface area contributed by atoms with Gasteiger partial charge in [-0.2, -0.15) is 0 Å². The maximum absolute atomic E-state index is 6.33. The summed E-state index contributed by atoms with van der Waals surface area (Å²) >= 11 is 11.7. The largest absolute Gasteiger partial charge is 0.497 e. The van der Waals surface area contributed by atoms with Gasteiger partial charge in [-0.05, 0) is 36.0 Å². The average molecular weight is 368 g/mol. The number of nitrogens with one attached hydrogen (secondary N) is 1. The van der Waals surface area contributed by atoms with Crippen molar-refractivity contribution < 1.29 is 4.74 Å². The van der Waals surface area contributed by atoms with Crippen LogP contribution in [0, 0.1) is 4.77 Å². The van der Waals surface area contributed by atoms with E-state index in [1.807, 2.05) is 59.1 Å². The highest BCUT2D eigenvalue weighted by Crippen LogP contribution is 2.30. The Morgan fingerprint density at radius 3 is 2.56 bits per heavy atom. The SMILES string of the molecule is COc1ccc(-c2cnc(=S)n3cc(-c4ccccc4Cl)[nH]c23)cc1. The zero-order valence-corrected chi connectivity index (χ0v) is 14.9. The standard InChI is InChI=1S/C19H14ClN3OS/c1-24-13-8-6-12(7-9-13)15-10-21-19(25)23-11-17(22-18(15)23)14-4-2-3-5-16(14)20/h2-11,22H,1H3. The molecule has 0 bridgehead atoms. The van der Waals surface area contributed by atoms with E-state index in [-0.39, 0.29) is 0 Å². The quantitative estimate of drug-likeness (QED) is 0.494. The van der Waals surface area contributed by atoms with Gasteiger partial charge in [0.2, 0.25) is 4.77 Å². The van der Waals surface area contributed by atoms with Crippen LogP contribution < -0.4 is 4.74 Å². The van der Waals surface area contributed by atoms with Gasteiger partial charge in [-0.25, -0.2) is 4.98 Å². The van der Waals surface area contributed by atoms with E-state index in [0.717, 1.165) is 33.8 Å². The highest BCUT2D eigenvalue weighted by molar-refractivity contribution is 7.71. The molecule has 6 heteroatoms. The van der Waals surface area contributed by atoms with Crippen molar-refractivity contribution in [2.24, 2.45) is 0 Å². The van der Waals surface area contributed by atoms with E-state index < -0.39 is 0 Å². The molecule has 4 aromatic rings. The second-order valence-electron chi connectivity index (χ2n) is 5.55. The minimum absolute atomic E-state index is 0.488. The first-order valence-corrected chi connectivity index (χ1v) is 8.45. The monoisotopic (exact) mass is 367 g/mol. The predicted octanol–water partition coefficient (Wildman–Crippen LogP) is 5.39. The molecular formula is C19H14ClN3OS. The van der Waals surface area contributed by atoms with Gasteiger partial charge in [-0.1, -0.05) is 41.9 Å². The number of aromatic amines is 1. The Bertz CT molecular complexity index is 1120. The van der Waals surface area contributed by atoms with Crippen molar-refractivity contribution in [3.63, 3.8) is 0 Å². The summed E-state index contributed by atoms with van der Waals surface area (Å²) in [6.07, 6.45) is 3.71. The lowest BCUT2D eigenvalue weighted by atomic mass is 10.1. The topological polar surface area (TPSA) is 42.3 Å². The van der Waals surface area contributed by atoms with E-state index in [4.69, 9.17) is 28.6 Å². The minimum atomic E-state index is 0.488. The fourth-order valence-electron chi connectivity index (χ4n) is 2.80. The van der Waals surface area contributed by atoms with E-state index in [0.29, 0.717) is 9.79 Å². The van der Waals surface area contributed by atoms with Gasteiger partial charge in [0.05, 0.1) is 12.8 Å². The van der Waals surface area contributed by atoms with E-state index in [2.05, 4.69) is 9.97 Å². The number of ether oxygens (including phenoxy) is 1. The molecule has 0 aliphatic rings. The summed E-state index contributed by atoms with van der Waals surface area (Å²) in [7, 11) is 1.65. The van der Waals surface area contributed by atoms with Crippen molar-refractivity contribution in [3.8, 4) is 28.1 Å². The number of imidazole rings is 1. The van der Waals surface area contributed by atoms with E-state index >= 15 is 0 Å². The number of hydrogen-bond acceptors (Lipinski definition) is 3. The molecule has 0 saturated heterocycles. The first kappa shape index (κ1) is 15.9. The van der Waals surface area contributed by atoms with E-state index in [1.54, 1.807) is 13.3 Å². The van der Waals surface area contributed by atoms with Crippen molar-refractivity contribution in [2.75, 3.05) is 7.11 Å². The van der Waals surface area contributed by atoms with Crippen LogP contribution in [0.25, 0.3) is 28.0 Å². The maximum Gasteiger partial charge on any atom is 0.205 e. The van der Waals surface area contributed by atoms with E-state index in [9.17, 15) is 0 Å². The van der Waals surface area contributed by atoms with Crippen molar-refractivity contribution in [3.05, 3.63) is 70.7 Å². The third-order valence-corrected chi connectivity index (χ3v) is 4.71. The normalized spacial score (nSPS) is 11.0. The van der Waals surface area contributed by atoms with Gasteiger partial charge >= 0.3 is 0 Å². The molecule has 4 nitrogen and oxygen atoms in total. The Balaban J connectivity index is 1.93. The van der Waals surface area contributed by atoms with Gasteiger partial charge in [0, 0.05) is 28.5 Å². The van der Waals surface area contributed by atoms with Gasteiger partial charge in [-0.3, -0.25) is 4.40 Å². The third kappa shape index (κ3) is 2.81. The zero-order chi connectivity index (χ0) is 17.4. The second-order valence-corrected chi connectivity index (χ2v) is 6.32. The van der Waals surface area contributed by atoms with Crippen LogP contribution in [0.5, 0.6) is 5.75 Å². The number of benzene rings is 2. The molecule has 4 rings (SSSR count). The van der Waals surface area contributed by atoms with Crippen molar-refractivity contribution in [1.29, 1.82) is 0 Å². The van der Waals surface area contributed by atoms with Crippen molar-refractivity contribution >= 4 is 29.5 Å². The smallest absolute Gasteiger partial charge is 0.205 e. The summed E-state index contributed by atoms with van der Waals surface area (Å²) in [5.74, 6) is 0.809. The maximum atomic E-state index is 6.33. The minimum Gasteiger partial charge on any atom is -0.497 e. The van der Waals surface area contributed by atoms with Crippen LogP contribution in [0.4, 0.5) is 0 Å². The molecular weight excluding hydrogens is 354 g/mol. The molecule has 0 unspecified atom stereocenters. The van der Waals surface area contributed by atoms with Crippen LogP contribution in [-0.4, -0.2) is 21.5 Å². The number of rotatable bonds is 3. The molecule has 0 aliphatic heterocycles. The summed E-state index contributed by atoms with van der Waals surface area (Å²) < 4.78 is 7.58. The number of fused-ring (bicyclic) bond motifs is 1. The molecule has 0 fully saturated rings. The fraction of sp³-hybridized carbons (Fsp3) is 0.0526. The van der Waals surface area contributed by atoms with Crippen LogP contribution in [0.15, 0.2) is 60.9 Å². The molecule has 0 amide bonds. The molecule has 0 spiro atoms. The number of H-pyrrole nitrogens is 1. The van der Waals surface area contributed by atoms with Crippen LogP contribution in [0.2, 0.25) is 5.02 Å². The number of aromatic nitrogens is 3. The van der Waals surface area contributed by atoms with Gasteiger partial charge < -0.3 is 9.72 Å². The summed E-state index contributed by atoms with van der Waals surface area (Å²) in [6, 6.07) is 15.5.